The van der Waals surface area contributed by atoms with Gasteiger partial charge in [0.25, 0.3) is 0 Å². The van der Waals surface area contributed by atoms with Crippen molar-refractivity contribution in [3.63, 3.8) is 0 Å². The average Bonchev–Trinajstić information content (AvgIpc) is 2.50. The van der Waals surface area contributed by atoms with Crippen molar-refractivity contribution in [2.24, 2.45) is 0 Å². The van der Waals surface area contributed by atoms with Crippen molar-refractivity contribution >= 4 is 17.5 Å². The first-order chi connectivity index (χ1) is 10.1. The highest BCUT2D eigenvalue weighted by atomic mass is 35.5. The maximum absolute atomic E-state index is 11.9. The summed E-state index contributed by atoms with van der Waals surface area (Å²) in [7, 11) is 1.57. The Morgan fingerprint density at radius 3 is 2.81 bits per heavy atom. The molecule has 0 radical (unpaired) electrons. The maximum atomic E-state index is 11.9. The second kappa shape index (κ2) is 9.21. The minimum Gasteiger partial charge on any atom is -0.496 e. The molecule has 1 aromatic carbocycles. The summed E-state index contributed by atoms with van der Waals surface area (Å²) in [6.07, 6.45) is 2.96. The predicted octanol–water partition coefficient (Wildman–Crippen LogP) is 3.07. The molecule has 1 amide bonds. The van der Waals surface area contributed by atoms with Crippen molar-refractivity contribution < 1.29 is 14.3 Å². The van der Waals surface area contributed by atoms with Gasteiger partial charge >= 0.3 is 0 Å². The summed E-state index contributed by atoms with van der Waals surface area (Å²) in [5, 5.41) is 0.589. The Balaban J connectivity index is 2.78. The van der Waals surface area contributed by atoms with E-state index in [0.717, 1.165) is 5.56 Å². The average molecular weight is 310 g/mol. The molecule has 0 aromatic heterocycles. The number of rotatable bonds is 9. The lowest BCUT2D eigenvalue weighted by atomic mass is 10.2. The second-order valence-electron chi connectivity index (χ2n) is 4.28. The van der Waals surface area contributed by atoms with Crippen molar-refractivity contribution in [2.45, 2.75) is 6.54 Å². The number of hydrogen-bond donors (Lipinski definition) is 0. The molecule has 0 saturated heterocycles. The lowest BCUT2D eigenvalue weighted by molar-refractivity contribution is -0.127. The number of ether oxygens (including phenoxy) is 2. The molecule has 0 aliphatic heterocycles. The molecule has 1 aromatic rings. The van der Waals surface area contributed by atoms with Crippen LogP contribution in [0.1, 0.15) is 5.56 Å². The molecule has 5 heteroatoms. The summed E-state index contributed by atoms with van der Waals surface area (Å²) in [5.74, 6) is 0.491. The predicted molar refractivity (Wildman–Crippen MR) is 84.6 cm³/mol. The van der Waals surface area contributed by atoms with Gasteiger partial charge in [0.1, 0.15) is 5.75 Å². The fourth-order valence-corrected chi connectivity index (χ4v) is 1.95. The molecule has 0 aliphatic rings. The van der Waals surface area contributed by atoms with Crippen LogP contribution in [0.25, 0.3) is 0 Å². The van der Waals surface area contributed by atoms with Crippen molar-refractivity contribution in [3.05, 3.63) is 54.1 Å². The Kier molecular flexibility index (Phi) is 7.58. The van der Waals surface area contributed by atoms with Gasteiger partial charge in [-0.05, 0) is 18.2 Å². The van der Waals surface area contributed by atoms with E-state index in [0.29, 0.717) is 37.1 Å². The first-order valence-electron chi connectivity index (χ1n) is 6.54. The topological polar surface area (TPSA) is 38.8 Å². The first-order valence-corrected chi connectivity index (χ1v) is 6.92. The lowest BCUT2D eigenvalue weighted by Gasteiger charge is -2.22. The highest BCUT2D eigenvalue weighted by Gasteiger charge is 2.14. The number of carbonyl (C=O) groups excluding carboxylic acids is 1. The van der Waals surface area contributed by atoms with Crippen LogP contribution >= 0.6 is 11.6 Å². The molecule has 21 heavy (non-hydrogen) atoms. The Morgan fingerprint density at radius 2 is 2.19 bits per heavy atom. The van der Waals surface area contributed by atoms with Gasteiger partial charge in [0.05, 0.1) is 20.3 Å². The number of benzene rings is 1. The van der Waals surface area contributed by atoms with Crippen LogP contribution in [0.4, 0.5) is 0 Å². The largest absolute Gasteiger partial charge is 0.496 e. The highest BCUT2D eigenvalue weighted by molar-refractivity contribution is 6.30. The van der Waals surface area contributed by atoms with E-state index in [1.807, 2.05) is 6.07 Å². The second-order valence-corrected chi connectivity index (χ2v) is 4.72. The third-order valence-electron chi connectivity index (χ3n) is 2.84. The van der Waals surface area contributed by atoms with Gasteiger partial charge in [0.2, 0.25) is 5.91 Å². The van der Waals surface area contributed by atoms with Crippen LogP contribution in [0.2, 0.25) is 5.02 Å². The van der Waals surface area contributed by atoms with Gasteiger partial charge in [-0.2, -0.15) is 0 Å². The molecule has 4 nitrogen and oxygen atoms in total. The summed E-state index contributed by atoms with van der Waals surface area (Å²) >= 11 is 5.93. The summed E-state index contributed by atoms with van der Waals surface area (Å²) in [6.45, 7) is 8.86. The lowest BCUT2D eigenvalue weighted by Crippen LogP contribution is -2.32. The van der Waals surface area contributed by atoms with Crippen LogP contribution in [0.15, 0.2) is 43.5 Å². The fourth-order valence-electron chi connectivity index (χ4n) is 1.79. The zero-order chi connectivity index (χ0) is 15.7. The van der Waals surface area contributed by atoms with Gasteiger partial charge in [-0.15, -0.1) is 6.58 Å². The first kappa shape index (κ1) is 17.3. The summed E-state index contributed by atoms with van der Waals surface area (Å²) in [4.78, 5) is 13.6. The van der Waals surface area contributed by atoms with E-state index in [1.54, 1.807) is 30.2 Å². The van der Waals surface area contributed by atoms with Gasteiger partial charge in [0.15, 0.2) is 0 Å². The third kappa shape index (κ3) is 5.61. The molecule has 0 spiro atoms. The third-order valence-corrected chi connectivity index (χ3v) is 3.07. The number of methoxy groups -OCH3 is 1. The van der Waals surface area contributed by atoms with Crippen molar-refractivity contribution in [2.75, 3.05) is 26.9 Å². The van der Waals surface area contributed by atoms with E-state index >= 15 is 0 Å². The van der Waals surface area contributed by atoms with Crippen molar-refractivity contribution in [3.8, 4) is 5.75 Å². The van der Waals surface area contributed by atoms with Crippen LogP contribution < -0.4 is 4.74 Å². The molecular weight excluding hydrogens is 290 g/mol. The van der Waals surface area contributed by atoms with Crippen LogP contribution in [0, 0.1) is 0 Å². The SMILES string of the molecule is C=CCOCCN(Cc1ccc(Cl)cc1OC)C(=O)C=C. The monoisotopic (exact) mass is 309 g/mol. The number of hydrogen-bond acceptors (Lipinski definition) is 3. The van der Waals surface area contributed by atoms with Gasteiger partial charge in [-0.1, -0.05) is 30.3 Å². The van der Waals surface area contributed by atoms with E-state index in [1.165, 1.54) is 6.08 Å². The minimum atomic E-state index is -0.158. The van der Waals surface area contributed by atoms with Crippen molar-refractivity contribution in [1.29, 1.82) is 0 Å². The van der Waals surface area contributed by atoms with E-state index in [2.05, 4.69) is 13.2 Å². The number of nitrogens with zero attached hydrogens (tertiary/aromatic N) is 1. The van der Waals surface area contributed by atoms with E-state index in [4.69, 9.17) is 21.1 Å². The van der Waals surface area contributed by atoms with E-state index in [9.17, 15) is 4.79 Å². The quantitative estimate of drug-likeness (QED) is 0.400. The molecule has 0 unspecified atom stereocenters. The molecule has 0 N–H and O–H groups in total. The molecule has 0 heterocycles. The zero-order valence-corrected chi connectivity index (χ0v) is 12.9. The Morgan fingerprint density at radius 1 is 1.43 bits per heavy atom. The van der Waals surface area contributed by atoms with Gasteiger partial charge in [0, 0.05) is 23.7 Å². The number of amides is 1. The molecule has 0 bridgehead atoms. The summed E-state index contributed by atoms with van der Waals surface area (Å²) in [5.41, 5.74) is 0.876. The molecule has 0 atom stereocenters. The highest BCUT2D eigenvalue weighted by Crippen LogP contribution is 2.24. The summed E-state index contributed by atoms with van der Waals surface area (Å²) in [6, 6.07) is 5.33. The normalized spacial score (nSPS) is 10.0. The minimum absolute atomic E-state index is 0.158. The van der Waals surface area contributed by atoms with Crippen molar-refractivity contribution in [1.82, 2.24) is 4.90 Å². The fraction of sp³-hybridized carbons (Fsp3) is 0.312. The van der Waals surface area contributed by atoms with Crippen LogP contribution in [-0.2, 0) is 16.1 Å². The molecule has 0 saturated carbocycles. The maximum Gasteiger partial charge on any atom is 0.246 e. The Bertz CT molecular complexity index is 502. The van der Waals surface area contributed by atoms with Gasteiger partial charge in [-0.25, -0.2) is 0 Å². The Labute approximate surface area is 130 Å². The molecular formula is C16H20ClNO3. The summed E-state index contributed by atoms with van der Waals surface area (Å²) < 4.78 is 10.6. The van der Waals surface area contributed by atoms with Gasteiger partial charge < -0.3 is 14.4 Å². The van der Waals surface area contributed by atoms with Crippen LogP contribution in [-0.4, -0.2) is 37.7 Å². The molecule has 1 rings (SSSR count). The van der Waals surface area contributed by atoms with Gasteiger partial charge in [-0.3, -0.25) is 4.79 Å². The number of halogens is 1. The molecule has 114 valence electrons. The smallest absolute Gasteiger partial charge is 0.246 e. The van der Waals surface area contributed by atoms with E-state index < -0.39 is 0 Å². The molecule has 0 fully saturated rings. The zero-order valence-electron chi connectivity index (χ0n) is 12.2. The van der Waals surface area contributed by atoms with Crippen LogP contribution in [0.5, 0.6) is 5.75 Å². The standard InChI is InChI=1S/C16H20ClNO3/c1-4-9-21-10-8-18(16(19)5-2)12-13-6-7-14(17)11-15(13)20-3/h4-7,11H,1-2,8-10,12H2,3H3. The number of carbonyl (C=O) groups is 1. The molecule has 0 aliphatic carbocycles. The van der Waals surface area contributed by atoms with E-state index in [-0.39, 0.29) is 5.91 Å². The Hall–Kier alpha value is -1.78. The van der Waals surface area contributed by atoms with Crippen LogP contribution in [0.3, 0.4) is 0 Å².